The van der Waals surface area contributed by atoms with Crippen LogP contribution in [-0.4, -0.2) is 64.3 Å². The summed E-state index contributed by atoms with van der Waals surface area (Å²) in [5.41, 5.74) is 0.911. The number of anilines is 2. The highest BCUT2D eigenvalue weighted by atomic mass is 16.5. The number of hydrogen-bond donors (Lipinski definition) is 3. The SMILES string of the molecule is CC(C)(C)O[C@@H](CNC(=O)c1ccc(N2CCC(Nc3ncccn3)CC2)cc1)C(=O)O. The molecule has 32 heavy (non-hydrogen) atoms. The predicted molar refractivity (Wildman–Crippen MR) is 122 cm³/mol. The molecule has 2 aromatic rings. The summed E-state index contributed by atoms with van der Waals surface area (Å²) < 4.78 is 5.50. The normalized spacial score (nSPS) is 15.8. The number of rotatable bonds is 8. The highest BCUT2D eigenvalue weighted by Crippen LogP contribution is 2.22. The zero-order valence-electron chi connectivity index (χ0n) is 18.7. The molecule has 3 N–H and O–H groups in total. The monoisotopic (exact) mass is 441 g/mol. The first-order chi connectivity index (χ1) is 15.2. The lowest BCUT2D eigenvalue weighted by Gasteiger charge is -2.34. The quantitative estimate of drug-likeness (QED) is 0.572. The smallest absolute Gasteiger partial charge is 0.334 e. The fourth-order valence-corrected chi connectivity index (χ4v) is 3.56. The van der Waals surface area contributed by atoms with Crippen molar-refractivity contribution in [2.45, 2.75) is 51.4 Å². The molecule has 0 unspecified atom stereocenters. The van der Waals surface area contributed by atoms with Crippen molar-refractivity contribution in [3.8, 4) is 0 Å². The number of aromatic nitrogens is 2. The van der Waals surface area contributed by atoms with E-state index in [0.29, 0.717) is 17.6 Å². The number of nitrogens with one attached hydrogen (secondary N) is 2. The van der Waals surface area contributed by atoms with Gasteiger partial charge in [-0.15, -0.1) is 0 Å². The molecule has 0 radical (unpaired) electrons. The van der Waals surface area contributed by atoms with Gasteiger partial charge >= 0.3 is 5.97 Å². The van der Waals surface area contributed by atoms with Crippen LogP contribution >= 0.6 is 0 Å². The van der Waals surface area contributed by atoms with Gasteiger partial charge in [0.05, 0.1) is 12.1 Å². The van der Waals surface area contributed by atoms with Crippen molar-refractivity contribution >= 4 is 23.5 Å². The molecule has 0 spiro atoms. The first kappa shape index (κ1) is 23.5. The fourth-order valence-electron chi connectivity index (χ4n) is 3.56. The van der Waals surface area contributed by atoms with Crippen LogP contribution in [0.1, 0.15) is 44.0 Å². The molecule has 9 heteroatoms. The van der Waals surface area contributed by atoms with Gasteiger partial charge < -0.3 is 25.4 Å². The molecule has 172 valence electrons. The van der Waals surface area contributed by atoms with Gasteiger partial charge in [-0.1, -0.05) is 0 Å². The van der Waals surface area contributed by atoms with Crippen LogP contribution in [0.2, 0.25) is 0 Å². The molecule has 3 rings (SSSR count). The van der Waals surface area contributed by atoms with Gasteiger partial charge in [-0.25, -0.2) is 14.8 Å². The summed E-state index contributed by atoms with van der Waals surface area (Å²) in [4.78, 5) is 34.5. The summed E-state index contributed by atoms with van der Waals surface area (Å²) in [6.45, 7) is 7.01. The number of amides is 1. The summed E-state index contributed by atoms with van der Waals surface area (Å²) in [5.74, 6) is -0.780. The molecule has 1 saturated heterocycles. The molecule has 1 atom stereocenters. The molecule has 9 nitrogen and oxygen atoms in total. The number of ether oxygens (including phenoxy) is 1. The number of hydrogen-bond acceptors (Lipinski definition) is 7. The van der Waals surface area contributed by atoms with Gasteiger partial charge in [0.15, 0.2) is 6.10 Å². The van der Waals surface area contributed by atoms with Crippen molar-refractivity contribution in [1.29, 1.82) is 0 Å². The lowest BCUT2D eigenvalue weighted by atomic mass is 10.0. The van der Waals surface area contributed by atoms with Crippen molar-refractivity contribution in [1.82, 2.24) is 15.3 Å². The van der Waals surface area contributed by atoms with E-state index >= 15 is 0 Å². The zero-order chi connectivity index (χ0) is 23.1. The van der Waals surface area contributed by atoms with Crippen LogP contribution < -0.4 is 15.5 Å². The number of aliphatic carboxylic acids is 1. The van der Waals surface area contributed by atoms with Gasteiger partial charge in [0.1, 0.15) is 0 Å². The molecule has 1 aromatic carbocycles. The van der Waals surface area contributed by atoms with Gasteiger partial charge in [0.2, 0.25) is 5.95 Å². The molecule has 1 fully saturated rings. The van der Waals surface area contributed by atoms with Crippen LogP contribution in [0.3, 0.4) is 0 Å². The molecule has 1 aliphatic heterocycles. The summed E-state index contributed by atoms with van der Waals surface area (Å²) >= 11 is 0. The van der Waals surface area contributed by atoms with Crippen LogP contribution in [0, 0.1) is 0 Å². The Kier molecular flexibility index (Phi) is 7.63. The molecule has 1 aliphatic rings. The Morgan fingerprint density at radius 3 is 2.34 bits per heavy atom. The third-order valence-corrected chi connectivity index (χ3v) is 5.11. The molecule has 2 heterocycles. The largest absolute Gasteiger partial charge is 0.479 e. The van der Waals surface area contributed by atoms with E-state index in [1.165, 1.54) is 0 Å². The molecular weight excluding hydrogens is 410 g/mol. The zero-order valence-corrected chi connectivity index (χ0v) is 18.7. The molecule has 0 bridgehead atoms. The second-order valence-electron chi connectivity index (χ2n) is 8.79. The average molecular weight is 442 g/mol. The topological polar surface area (TPSA) is 117 Å². The fraction of sp³-hybridized carbons (Fsp3) is 0.478. The third-order valence-electron chi connectivity index (χ3n) is 5.11. The van der Waals surface area contributed by atoms with Crippen molar-refractivity contribution < 1.29 is 19.4 Å². The number of benzene rings is 1. The maximum atomic E-state index is 12.4. The summed E-state index contributed by atoms with van der Waals surface area (Å²) in [7, 11) is 0. The van der Waals surface area contributed by atoms with Gasteiger partial charge in [-0.2, -0.15) is 0 Å². The predicted octanol–water partition coefficient (Wildman–Crippen LogP) is 2.56. The van der Waals surface area contributed by atoms with Crippen molar-refractivity contribution in [2.24, 2.45) is 0 Å². The van der Waals surface area contributed by atoms with Gasteiger partial charge in [0.25, 0.3) is 5.91 Å². The highest BCUT2D eigenvalue weighted by molar-refractivity contribution is 5.94. The van der Waals surface area contributed by atoms with Crippen molar-refractivity contribution in [3.05, 3.63) is 48.3 Å². The summed E-state index contributed by atoms with van der Waals surface area (Å²) in [6, 6.07) is 9.48. The Hall–Kier alpha value is -3.20. The van der Waals surface area contributed by atoms with Crippen molar-refractivity contribution in [3.63, 3.8) is 0 Å². The standard InChI is InChI=1S/C23H31N5O4/c1-23(2,3)32-19(21(30)31)15-26-20(29)16-5-7-18(8-6-16)28-13-9-17(10-14-28)27-22-24-11-4-12-25-22/h4-8,11-12,17,19H,9-10,13-15H2,1-3H3,(H,26,29)(H,30,31)(H,24,25,27)/t19-/m0/s1. The van der Waals surface area contributed by atoms with Crippen LogP contribution in [0.5, 0.6) is 0 Å². The second-order valence-corrected chi connectivity index (χ2v) is 8.79. The highest BCUT2D eigenvalue weighted by Gasteiger charge is 2.25. The lowest BCUT2D eigenvalue weighted by Crippen LogP contribution is -2.42. The minimum Gasteiger partial charge on any atom is -0.479 e. The number of piperidine rings is 1. The van der Waals surface area contributed by atoms with E-state index in [1.54, 1.807) is 51.4 Å². The van der Waals surface area contributed by atoms with E-state index in [-0.39, 0.29) is 12.5 Å². The first-order valence-corrected chi connectivity index (χ1v) is 10.8. The summed E-state index contributed by atoms with van der Waals surface area (Å²) in [6.07, 6.45) is 4.27. The van der Waals surface area contributed by atoms with E-state index in [9.17, 15) is 14.7 Å². The lowest BCUT2D eigenvalue weighted by molar-refractivity contribution is -0.159. The van der Waals surface area contributed by atoms with Gasteiger partial charge in [-0.05, 0) is 63.9 Å². The minimum absolute atomic E-state index is 0.0984. The Morgan fingerprint density at radius 1 is 1.16 bits per heavy atom. The van der Waals surface area contributed by atoms with Gasteiger partial charge in [0, 0.05) is 42.8 Å². The Balaban J connectivity index is 1.49. The number of carboxylic acid groups (broad SMARTS) is 1. The second kappa shape index (κ2) is 10.4. The van der Waals surface area contributed by atoms with E-state index in [0.717, 1.165) is 31.6 Å². The van der Waals surface area contributed by atoms with E-state index in [1.807, 2.05) is 12.1 Å². The molecule has 1 amide bonds. The Bertz CT molecular complexity index is 891. The number of carbonyl (C=O) groups is 2. The van der Waals surface area contributed by atoms with Crippen LogP contribution in [0.25, 0.3) is 0 Å². The van der Waals surface area contributed by atoms with E-state index in [2.05, 4.69) is 25.5 Å². The maximum Gasteiger partial charge on any atom is 0.334 e. The van der Waals surface area contributed by atoms with Crippen molar-refractivity contribution in [2.75, 3.05) is 29.9 Å². The molecule has 0 saturated carbocycles. The van der Waals surface area contributed by atoms with E-state index in [4.69, 9.17) is 4.74 Å². The third kappa shape index (κ3) is 6.91. The van der Waals surface area contributed by atoms with Crippen LogP contribution in [-0.2, 0) is 9.53 Å². The molecular formula is C23H31N5O4. The number of carboxylic acids is 1. The number of carbonyl (C=O) groups excluding carboxylic acids is 1. The molecule has 1 aromatic heterocycles. The number of nitrogens with zero attached hydrogens (tertiary/aromatic N) is 3. The minimum atomic E-state index is -1.10. The van der Waals surface area contributed by atoms with Gasteiger partial charge in [-0.3, -0.25) is 4.79 Å². The van der Waals surface area contributed by atoms with E-state index < -0.39 is 17.7 Å². The Labute approximate surface area is 188 Å². The van der Waals surface area contributed by atoms with Crippen LogP contribution in [0.4, 0.5) is 11.6 Å². The Morgan fingerprint density at radius 2 is 1.78 bits per heavy atom. The summed E-state index contributed by atoms with van der Waals surface area (Å²) in [5, 5.41) is 15.3. The first-order valence-electron chi connectivity index (χ1n) is 10.8. The van der Waals surface area contributed by atoms with Crippen LogP contribution in [0.15, 0.2) is 42.7 Å². The average Bonchev–Trinajstić information content (AvgIpc) is 2.77. The molecule has 0 aliphatic carbocycles. The maximum absolute atomic E-state index is 12.4.